The van der Waals surface area contributed by atoms with Gasteiger partial charge < -0.3 is 19.5 Å². The zero-order valence-corrected chi connectivity index (χ0v) is 17.5. The van der Waals surface area contributed by atoms with E-state index in [1.807, 2.05) is 0 Å². The van der Waals surface area contributed by atoms with E-state index in [9.17, 15) is 9.59 Å². The maximum atomic E-state index is 12.5. The molecule has 0 bridgehead atoms. The van der Waals surface area contributed by atoms with Crippen LogP contribution < -0.4 is 24.8 Å². The van der Waals surface area contributed by atoms with Gasteiger partial charge in [0.05, 0.1) is 33.4 Å². The summed E-state index contributed by atoms with van der Waals surface area (Å²) in [5.74, 6) is 1.17. The molecule has 2 amide bonds. The van der Waals surface area contributed by atoms with Gasteiger partial charge in [-0.05, 0) is 42.5 Å². The fraction of sp³-hybridized carbons (Fsp3) is 0.190. The Morgan fingerprint density at radius 2 is 1.67 bits per heavy atom. The van der Waals surface area contributed by atoms with E-state index in [2.05, 4.69) is 15.6 Å². The predicted molar refractivity (Wildman–Crippen MR) is 115 cm³/mol. The summed E-state index contributed by atoms with van der Waals surface area (Å²) in [5, 5.41) is 7.67. The number of nitrogens with one attached hydrogen (secondary N) is 2. The maximum Gasteiger partial charge on any atom is 0.257 e. The smallest absolute Gasteiger partial charge is 0.257 e. The average Bonchev–Trinajstić information content (AvgIpc) is 3.20. The van der Waals surface area contributed by atoms with Crippen molar-refractivity contribution in [3.63, 3.8) is 0 Å². The number of anilines is 2. The summed E-state index contributed by atoms with van der Waals surface area (Å²) in [6.07, 6.45) is 0.0920. The third-order valence-electron chi connectivity index (χ3n) is 4.13. The first kappa shape index (κ1) is 21.1. The van der Waals surface area contributed by atoms with Crippen LogP contribution in [0.3, 0.4) is 0 Å². The Morgan fingerprint density at radius 3 is 2.33 bits per heavy atom. The van der Waals surface area contributed by atoms with Gasteiger partial charge in [0.25, 0.3) is 5.91 Å². The Labute approximate surface area is 177 Å². The van der Waals surface area contributed by atoms with Gasteiger partial charge in [-0.25, -0.2) is 4.98 Å². The monoisotopic (exact) mass is 427 g/mol. The molecule has 8 nitrogen and oxygen atoms in total. The summed E-state index contributed by atoms with van der Waals surface area (Å²) in [5.41, 5.74) is 1.63. The van der Waals surface area contributed by atoms with Crippen molar-refractivity contribution in [3.05, 3.63) is 59.1 Å². The SMILES string of the molecule is COc1ccc(NC(=O)Cc2csc(NC(=O)c3ccc(OC)c(OC)c3)n2)cc1. The van der Waals surface area contributed by atoms with Gasteiger partial charge in [0.1, 0.15) is 5.75 Å². The van der Waals surface area contributed by atoms with E-state index in [1.54, 1.807) is 55.0 Å². The number of aromatic nitrogens is 1. The molecule has 1 heterocycles. The molecule has 2 aromatic carbocycles. The van der Waals surface area contributed by atoms with Crippen molar-refractivity contribution >= 4 is 34.0 Å². The van der Waals surface area contributed by atoms with Crippen LogP contribution in [0.1, 0.15) is 16.1 Å². The predicted octanol–water partition coefficient (Wildman–Crippen LogP) is 3.60. The highest BCUT2D eigenvalue weighted by atomic mass is 32.1. The van der Waals surface area contributed by atoms with Crippen LogP contribution in [-0.4, -0.2) is 38.1 Å². The zero-order chi connectivity index (χ0) is 21.5. The second-order valence-electron chi connectivity index (χ2n) is 6.12. The van der Waals surface area contributed by atoms with Crippen LogP contribution in [0.5, 0.6) is 17.2 Å². The molecule has 156 valence electrons. The molecule has 3 aromatic rings. The number of hydrogen-bond acceptors (Lipinski definition) is 7. The zero-order valence-electron chi connectivity index (χ0n) is 16.7. The van der Waals surface area contributed by atoms with Crippen LogP contribution in [-0.2, 0) is 11.2 Å². The van der Waals surface area contributed by atoms with Crippen LogP contribution in [0.4, 0.5) is 10.8 Å². The fourth-order valence-corrected chi connectivity index (χ4v) is 3.34. The summed E-state index contributed by atoms with van der Waals surface area (Å²) < 4.78 is 15.5. The second-order valence-corrected chi connectivity index (χ2v) is 6.98. The Balaban J connectivity index is 1.59. The molecule has 0 saturated heterocycles. The molecule has 3 rings (SSSR count). The maximum absolute atomic E-state index is 12.5. The van der Waals surface area contributed by atoms with Gasteiger partial charge >= 0.3 is 0 Å². The normalized spacial score (nSPS) is 10.2. The number of hydrogen-bond donors (Lipinski definition) is 2. The summed E-state index contributed by atoms with van der Waals surface area (Å²) in [6.45, 7) is 0. The van der Waals surface area contributed by atoms with Crippen molar-refractivity contribution in [2.24, 2.45) is 0 Å². The lowest BCUT2D eigenvalue weighted by atomic mass is 10.2. The molecule has 0 aliphatic heterocycles. The highest BCUT2D eigenvalue weighted by Gasteiger charge is 2.14. The quantitative estimate of drug-likeness (QED) is 0.570. The molecule has 0 aliphatic rings. The first-order valence-corrected chi connectivity index (χ1v) is 9.82. The van der Waals surface area contributed by atoms with E-state index in [0.717, 1.165) is 0 Å². The lowest BCUT2D eigenvalue weighted by molar-refractivity contribution is -0.115. The molecule has 0 unspecified atom stereocenters. The van der Waals surface area contributed by atoms with Crippen molar-refractivity contribution in [1.29, 1.82) is 0 Å². The van der Waals surface area contributed by atoms with Gasteiger partial charge in [0, 0.05) is 16.6 Å². The fourth-order valence-electron chi connectivity index (χ4n) is 2.64. The van der Waals surface area contributed by atoms with Gasteiger partial charge in [-0.15, -0.1) is 11.3 Å². The standard InChI is InChI=1S/C21H21N3O5S/c1-27-16-7-5-14(6-8-16)22-19(25)11-15-12-30-21(23-15)24-20(26)13-4-9-17(28-2)18(10-13)29-3/h4-10,12H,11H2,1-3H3,(H,22,25)(H,23,24,26). The minimum Gasteiger partial charge on any atom is -0.497 e. The van der Waals surface area contributed by atoms with E-state index < -0.39 is 0 Å². The van der Waals surface area contributed by atoms with Gasteiger partial charge in [-0.1, -0.05) is 0 Å². The number of carbonyl (C=O) groups is 2. The van der Waals surface area contributed by atoms with Crippen LogP contribution in [0, 0.1) is 0 Å². The lowest BCUT2D eigenvalue weighted by Crippen LogP contribution is -2.15. The molecule has 2 N–H and O–H groups in total. The van der Waals surface area contributed by atoms with E-state index in [4.69, 9.17) is 14.2 Å². The Morgan fingerprint density at radius 1 is 0.933 bits per heavy atom. The van der Waals surface area contributed by atoms with Crippen LogP contribution in [0.2, 0.25) is 0 Å². The van der Waals surface area contributed by atoms with Crippen molar-refractivity contribution in [1.82, 2.24) is 4.98 Å². The molecule has 0 spiro atoms. The number of methoxy groups -OCH3 is 3. The number of nitrogens with zero attached hydrogens (tertiary/aromatic N) is 1. The summed E-state index contributed by atoms with van der Waals surface area (Å²) in [4.78, 5) is 29.0. The van der Waals surface area contributed by atoms with E-state index in [-0.39, 0.29) is 18.2 Å². The Bertz CT molecular complexity index is 1030. The molecular formula is C21H21N3O5S. The summed E-state index contributed by atoms with van der Waals surface area (Å²) >= 11 is 1.25. The summed E-state index contributed by atoms with van der Waals surface area (Å²) in [7, 11) is 4.61. The Kier molecular flexibility index (Phi) is 6.87. The molecule has 0 fully saturated rings. The second kappa shape index (κ2) is 9.75. The molecular weight excluding hydrogens is 406 g/mol. The van der Waals surface area contributed by atoms with E-state index in [0.29, 0.717) is 39.3 Å². The lowest BCUT2D eigenvalue weighted by Gasteiger charge is -2.09. The number of amides is 2. The average molecular weight is 427 g/mol. The third kappa shape index (κ3) is 5.26. The first-order chi connectivity index (χ1) is 14.5. The van der Waals surface area contributed by atoms with Gasteiger partial charge in [0.2, 0.25) is 5.91 Å². The number of carbonyl (C=O) groups excluding carboxylic acids is 2. The third-order valence-corrected chi connectivity index (χ3v) is 4.94. The van der Waals surface area contributed by atoms with Crippen LogP contribution >= 0.6 is 11.3 Å². The van der Waals surface area contributed by atoms with Crippen molar-refractivity contribution in [2.45, 2.75) is 6.42 Å². The van der Waals surface area contributed by atoms with Crippen molar-refractivity contribution in [3.8, 4) is 17.2 Å². The summed E-state index contributed by atoms with van der Waals surface area (Å²) in [6, 6.07) is 11.9. The van der Waals surface area contributed by atoms with Gasteiger partial charge in [0.15, 0.2) is 16.6 Å². The topological polar surface area (TPSA) is 98.8 Å². The molecule has 30 heavy (non-hydrogen) atoms. The van der Waals surface area contributed by atoms with Crippen LogP contribution in [0.25, 0.3) is 0 Å². The highest BCUT2D eigenvalue weighted by Crippen LogP contribution is 2.28. The van der Waals surface area contributed by atoms with E-state index >= 15 is 0 Å². The molecule has 0 saturated carbocycles. The first-order valence-electron chi connectivity index (χ1n) is 8.94. The highest BCUT2D eigenvalue weighted by molar-refractivity contribution is 7.14. The largest absolute Gasteiger partial charge is 0.497 e. The van der Waals surface area contributed by atoms with Gasteiger partial charge in [-0.3, -0.25) is 14.9 Å². The molecule has 9 heteroatoms. The van der Waals surface area contributed by atoms with Crippen LogP contribution in [0.15, 0.2) is 47.8 Å². The molecule has 0 radical (unpaired) electrons. The number of rotatable bonds is 8. The molecule has 0 aliphatic carbocycles. The van der Waals surface area contributed by atoms with Crippen molar-refractivity contribution in [2.75, 3.05) is 32.0 Å². The molecule has 1 aromatic heterocycles. The van der Waals surface area contributed by atoms with Crippen molar-refractivity contribution < 1.29 is 23.8 Å². The minimum absolute atomic E-state index is 0.0920. The number of ether oxygens (including phenoxy) is 3. The molecule has 0 atom stereocenters. The minimum atomic E-state index is -0.334. The number of benzene rings is 2. The van der Waals surface area contributed by atoms with E-state index in [1.165, 1.54) is 25.6 Å². The van der Waals surface area contributed by atoms with Gasteiger partial charge in [-0.2, -0.15) is 0 Å². The Hall–Kier alpha value is -3.59. The number of thiazole rings is 1.